The van der Waals surface area contributed by atoms with Gasteiger partial charge < -0.3 is 10.6 Å². The lowest BCUT2D eigenvalue weighted by molar-refractivity contribution is 0.102. The summed E-state index contributed by atoms with van der Waals surface area (Å²) in [5.74, 6) is -0.339. The van der Waals surface area contributed by atoms with Crippen molar-refractivity contribution in [2.24, 2.45) is 13.0 Å². The van der Waals surface area contributed by atoms with Crippen LogP contribution in [0.15, 0.2) is 70.6 Å². The van der Waals surface area contributed by atoms with Gasteiger partial charge in [-0.1, -0.05) is 30.0 Å². The second-order valence-electron chi connectivity index (χ2n) is 8.74. The van der Waals surface area contributed by atoms with Gasteiger partial charge in [0, 0.05) is 35.6 Å². The van der Waals surface area contributed by atoms with Crippen LogP contribution < -0.4 is 16.2 Å². The summed E-state index contributed by atoms with van der Waals surface area (Å²) < 4.78 is 1.55. The van der Waals surface area contributed by atoms with Crippen molar-refractivity contribution in [3.8, 4) is 6.07 Å². The number of aryl methyl sites for hydroxylation is 1. The van der Waals surface area contributed by atoms with Crippen LogP contribution in [0.1, 0.15) is 28.4 Å². The molecule has 0 radical (unpaired) electrons. The van der Waals surface area contributed by atoms with Crippen molar-refractivity contribution < 1.29 is 4.79 Å². The summed E-state index contributed by atoms with van der Waals surface area (Å²) in [7, 11) is 1.72. The maximum atomic E-state index is 12.9. The SMILES string of the molecule is CSc1nc2ccc(Nc3cc(NC(=O)c4cccc(CC(C)C#N)c4)ccc3C)cc2c(=O)n1C. The van der Waals surface area contributed by atoms with Gasteiger partial charge in [0.2, 0.25) is 0 Å². The van der Waals surface area contributed by atoms with Crippen LogP contribution in [0.4, 0.5) is 17.1 Å². The smallest absolute Gasteiger partial charge is 0.261 e. The number of nitrogens with zero attached hydrogens (tertiary/aromatic N) is 3. The number of fused-ring (bicyclic) bond motifs is 1. The minimum Gasteiger partial charge on any atom is -0.355 e. The summed E-state index contributed by atoms with van der Waals surface area (Å²) in [6.07, 6.45) is 2.49. The van der Waals surface area contributed by atoms with Crippen molar-refractivity contribution in [1.29, 1.82) is 5.26 Å². The minimum absolute atomic E-state index is 0.0999. The molecule has 0 bridgehead atoms. The van der Waals surface area contributed by atoms with E-state index in [2.05, 4.69) is 21.7 Å². The molecule has 2 N–H and O–H groups in total. The first-order chi connectivity index (χ1) is 17.3. The van der Waals surface area contributed by atoms with Crippen LogP contribution in [-0.4, -0.2) is 21.7 Å². The largest absolute Gasteiger partial charge is 0.355 e. The number of carbonyl (C=O) groups is 1. The molecule has 8 heteroatoms. The number of hydrogen-bond acceptors (Lipinski definition) is 6. The maximum Gasteiger partial charge on any atom is 0.261 e. The lowest BCUT2D eigenvalue weighted by Crippen LogP contribution is -2.19. The van der Waals surface area contributed by atoms with E-state index in [1.54, 1.807) is 23.7 Å². The first-order valence-corrected chi connectivity index (χ1v) is 12.7. The number of rotatable bonds is 7. The first-order valence-electron chi connectivity index (χ1n) is 11.5. The van der Waals surface area contributed by atoms with Crippen LogP contribution >= 0.6 is 11.8 Å². The highest BCUT2D eigenvalue weighted by Crippen LogP contribution is 2.26. The molecule has 36 heavy (non-hydrogen) atoms. The van der Waals surface area contributed by atoms with Gasteiger partial charge in [0.1, 0.15) is 0 Å². The van der Waals surface area contributed by atoms with Crippen LogP contribution in [0, 0.1) is 24.2 Å². The Morgan fingerprint density at radius 1 is 1.14 bits per heavy atom. The third-order valence-corrected chi connectivity index (χ3v) is 6.67. The minimum atomic E-state index is -0.221. The van der Waals surface area contributed by atoms with Crippen molar-refractivity contribution in [2.75, 3.05) is 16.9 Å². The van der Waals surface area contributed by atoms with Crippen molar-refractivity contribution in [1.82, 2.24) is 9.55 Å². The second kappa shape index (κ2) is 10.7. The Morgan fingerprint density at radius 3 is 2.67 bits per heavy atom. The van der Waals surface area contributed by atoms with E-state index in [0.717, 1.165) is 22.5 Å². The number of carbonyl (C=O) groups excluding carboxylic acids is 1. The van der Waals surface area contributed by atoms with Gasteiger partial charge in [-0.25, -0.2) is 4.98 Å². The van der Waals surface area contributed by atoms with Gasteiger partial charge >= 0.3 is 0 Å². The number of nitriles is 1. The van der Waals surface area contributed by atoms with Crippen molar-refractivity contribution in [3.05, 3.63) is 87.7 Å². The van der Waals surface area contributed by atoms with E-state index in [4.69, 9.17) is 5.26 Å². The summed E-state index contributed by atoms with van der Waals surface area (Å²) in [6, 6.07) is 20.7. The fraction of sp³-hybridized carbons (Fsp3) is 0.214. The Balaban J connectivity index is 1.56. The van der Waals surface area contributed by atoms with E-state index >= 15 is 0 Å². The summed E-state index contributed by atoms with van der Waals surface area (Å²) >= 11 is 1.43. The predicted molar refractivity (Wildman–Crippen MR) is 146 cm³/mol. The molecule has 0 saturated carbocycles. The third kappa shape index (κ3) is 5.42. The van der Waals surface area contributed by atoms with Gasteiger partial charge in [-0.15, -0.1) is 0 Å². The average molecular weight is 498 g/mol. The van der Waals surface area contributed by atoms with Crippen LogP contribution in [0.2, 0.25) is 0 Å². The van der Waals surface area contributed by atoms with E-state index in [9.17, 15) is 9.59 Å². The highest BCUT2D eigenvalue weighted by atomic mass is 32.2. The lowest BCUT2D eigenvalue weighted by Gasteiger charge is -2.14. The number of thioether (sulfide) groups is 1. The van der Waals surface area contributed by atoms with Gasteiger partial charge in [-0.2, -0.15) is 5.26 Å². The highest BCUT2D eigenvalue weighted by molar-refractivity contribution is 7.98. The van der Waals surface area contributed by atoms with Crippen LogP contribution in [-0.2, 0) is 13.5 Å². The van der Waals surface area contributed by atoms with Gasteiger partial charge in [0.15, 0.2) is 5.16 Å². The molecule has 0 aliphatic carbocycles. The molecule has 0 aliphatic rings. The first kappa shape index (κ1) is 25.0. The molecule has 1 unspecified atom stereocenters. The normalized spacial score (nSPS) is 11.6. The molecule has 1 amide bonds. The Morgan fingerprint density at radius 2 is 1.92 bits per heavy atom. The highest BCUT2D eigenvalue weighted by Gasteiger charge is 2.12. The summed E-state index contributed by atoms with van der Waals surface area (Å²) in [6.45, 7) is 3.83. The van der Waals surface area contributed by atoms with Crippen LogP contribution in [0.3, 0.4) is 0 Å². The fourth-order valence-corrected chi connectivity index (χ4v) is 4.49. The van der Waals surface area contributed by atoms with Crippen molar-refractivity contribution >= 4 is 45.6 Å². The summed E-state index contributed by atoms with van der Waals surface area (Å²) in [4.78, 5) is 30.3. The fourth-order valence-electron chi connectivity index (χ4n) is 3.94. The number of nitrogens with one attached hydrogen (secondary N) is 2. The van der Waals surface area contributed by atoms with E-state index in [1.165, 1.54) is 11.8 Å². The summed E-state index contributed by atoms with van der Waals surface area (Å²) in [5, 5.41) is 16.6. The molecule has 1 atom stereocenters. The van der Waals surface area contributed by atoms with E-state index in [0.29, 0.717) is 33.7 Å². The molecule has 0 aliphatic heterocycles. The van der Waals surface area contributed by atoms with Gasteiger partial charge in [-0.3, -0.25) is 14.2 Å². The quantitative estimate of drug-likeness (QED) is 0.252. The number of amides is 1. The van der Waals surface area contributed by atoms with Crippen LogP contribution in [0.5, 0.6) is 0 Å². The van der Waals surface area contributed by atoms with Gasteiger partial charge in [-0.05, 0) is 80.1 Å². The van der Waals surface area contributed by atoms with E-state index in [1.807, 2.05) is 68.6 Å². The standard InChI is InChI=1S/C28H27N5O2S/c1-17(16-29)12-19-6-5-7-20(13-19)26(34)31-22-9-8-18(2)25(15-22)30-21-10-11-24-23(14-21)27(35)33(3)28(32-24)36-4/h5-11,13-15,17,30H,12H2,1-4H3,(H,31,34). The Kier molecular flexibility index (Phi) is 7.41. The lowest BCUT2D eigenvalue weighted by atomic mass is 10.0. The van der Waals surface area contributed by atoms with Crippen LogP contribution in [0.25, 0.3) is 10.9 Å². The zero-order chi connectivity index (χ0) is 25.8. The number of aromatic nitrogens is 2. The predicted octanol–water partition coefficient (Wildman–Crippen LogP) is 5.66. The Bertz CT molecular complexity index is 1550. The number of anilines is 3. The molecule has 3 aromatic carbocycles. The van der Waals surface area contributed by atoms with E-state index < -0.39 is 0 Å². The van der Waals surface area contributed by atoms with Crippen molar-refractivity contribution in [3.63, 3.8) is 0 Å². The second-order valence-corrected chi connectivity index (χ2v) is 9.51. The molecule has 0 spiro atoms. The van der Waals surface area contributed by atoms with Gasteiger partial charge in [0.25, 0.3) is 11.5 Å². The average Bonchev–Trinajstić information content (AvgIpc) is 2.88. The van der Waals surface area contributed by atoms with E-state index in [-0.39, 0.29) is 17.4 Å². The Hall–Kier alpha value is -4.09. The number of benzene rings is 3. The molecule has 4 rings (SSSR count). The van der Waals surface area contributed by atoms with Crippen molar-refractivity contribution in [2.45, 2.75) is 25.4 Å². The Labute approximate surface area is 214 Å². The third-order valence-electron chi connectivity index (χ3n) is 5.94. The monoisotopic (exact) mass is 497 g/mol. The topological polar surface area (TPSA) is 99.8 Å². The molecular formula is C28H27N5O2S. The zero-order valence-corrected chi connectivity index (χ0v) is 21.4. The summed E-state index contributed by atoms with van der Waals surface area (Å²) in [5.41, 5.74) is 5.24. The molecule has 0 fully saturated rings. The molecule has 4 aromatic rings. The molecule has 7 nitrogen and oxygen atoms in total. The molecule has 1 heterocycles. The molecule has 182 valence electrons. The zero-order valence-electron chi connectivity index (χ0n) is 20.6. The molecule has 0 saturated heterocycles. The van der Waals surface area contributed by atoms with Gasteiger partial charge in [0.05, 0.1) is 17.0 Å². The molecular weight excluding hydrogens is 470 g/mol. The number of hydrogen-bond donors (Lipinski definition) is 2. The molecule has 1 aromatic heterocycles. The maximum absolute atomic E-state index is 12.9.